The van der Waals surface area contributed by atoms with Crippen LogP contribution in [-0.4, -0.2) is 22.9 Å². The Kier molecular flexibility index (Phi) is 4.72. The number of rotatable bonds is 4. The summed E-state index contributed by atoms with van der Waals surface area (Å²) >= 11 is 0. The summed E-state index contributed by atoms with van der Waals surface area (Å²) in [4.78, 5) is 26.8. The Bertz CT molecular complexity index is 1130. The maximum atomic E-state index is 13.9. The molecule has 0 radical (unpaired) electrons. The number of aryl methyl sites for hydroxylation is 1. The van der Waals surface area contributed by atoms with Gasteiger partial charge in [0.2, 0.25) is 5.91 Å². The third-order valence-electron chi connectivity index (χ3n) is 4.72. The van der Waals surface area contributed by atoms with Crippen molar-refractivity contribution < 1.29 is 18.4 Å². The van der Waals surface area contributed by atoms with E-state index in [1.165, 1.54) is 47.4 Å². The second-order valence-electron chi connectivity index (χ2n) is 6.71. The first kappa shape index (κ1) is 18.6. The van der Waals surface area contributed by atoms with Crippen molar-refractivity contribution in [1.29, 1.82) is 0 Å². The number of benzene rings is 2. The van der Waals surface area contributed by atoms with E-state index in [1.807, 2.05) is 29.9 Å². The lowest BCUT2D eigenvalue weighted by atomic mass is 10.1. The zero-order valence-electron chi connectivity index (χ0n) is 15.5. The summed E-state index contributed by atoms with van der Waals surface area (Å²) in [6.45, 7) is -0.251. The lowest BCUT2D eigenvalue weighted by molar-refractivity contribution is -0.118. The molecule has 1 aliphatic rings. The zero-order valence-corrected chi connectivity index (χ0v) is 15.5. The average Bonchev–Trinajstić information content (AvgIpc) is 3.20. The van der Waals surface area contributed by atoms with Crippen LogP contribution in [0.1, 0.15) is 11.3 Å². The van der Waals surface area contributed by atoms with Crippen molar-refractivity contribution >= 4 is 34.8 Å². The van der Waals surface area contributed by atoms with E-state index >= 15 is 0 Å². The molecule has 0 spiro atoms. The van der Waals surface area contributed by atoms with Crippen LogP contribution in [0.5, 0.6) is 0 Å². The Morgan fingerprint density at radius 1 is 1.07 bits per heavy atom. The molecule has 1 N–H and O–H groups in total. The Hall–Kier alpha value is -3.74. The SMILES string of the molecule is Cn1cccc1/C=C1/C(=O)N(CC(=O)Nc2ccc(F)cc2)c2ccc(F)cc21. The molecule has 2 heterocycles. The van der Waals surface area contributed by atoms with Crippen LogP contribution in [0.25, 0.3) is 11.6 Å². The van der Waals surface area contributed by atoms with Crippen LogP contribution in [0.4, 0.5) is 20.2 Å². The molecule has 0 atom stereocenters. The van der Waals surface area contributed by atoms with Gasteiger partial charge in [-0.3, -0.25) is 14.5 Å². The molecular weight excluding hydrogens is 376 g/mol. The standard InChI is InChI=1S/C22H17F2N3O2/c1-26-10-2-3-17(26)12-19-18-11-15(24)6-9-20(18)27(22(19)29)13-21(28)25-16-7-4-14(23)5-8-16/h2-12H,13H2,1H3,(H,25,28)/b19-12+. The summed E-state index contributed by atoms with van der Waals surface area (Å²) in [5.74, 6) is -1.71. The fourth-order valence-electron chi connectivity index (χ4n) is 3.28. The minimum atomic E-state index is -0.466. The number of nitrogens with zero attached hydrogens (tertiary/aromatic N) is 2. The molecule has 29 heavy (non-hydrogen) atoms. The zero-order chi connectivity index (χ0) is 20.5. The number of nitrogens with one attached hydrogen (secondary N) is 1. The molecule has 2 aromatic carbocycles. The number of carbonyl (C=O) groups excluding carboxylic acids is 2. The fourth-order valence-corrected chi connectivity index (χ4v) is 3.28. The minimum Gasteiger partial charge on any atom is -0.351 e. The highest BCUT2D eigenvalue weighted by Gasteiger charge is 2.34. The summed E-state index contributed by atoms with van der Waals surface area (Å²) in [5, 5.41) is 2.63. The molecule has 3 aromatic rings. The topological polar surface area (TPSA) is 54.3 Å². The van der Waals surface area contributed by atoms with Crippen molar-refractivity contribution in [3.63, 3.8) is 0 Å². The predicted octanol–water partition coefficient (Wildman–Crippen LogP) is 3.83. The minimum absolute atomic E-state index is 0.251. The van der Waals surface area contributed by atoms with Crippen LogP contribution in [0.15, 0.2) is 60.8 Å². The Morgan fingerprint density at radius 3 is 2.48 bits per heavy atom. The first-order valence-electron chi connectivity index (χ1n) is 8.92. The van der Waals surface area contributed by atoms with Crippen LogP contribution < -0.4 is 10.2 Å². The van der Waals surface area contributed by atoms with Gasteiger partial charge < -0.3 is 9.88 Å². The molecule has 5 nitrogen and oxygen atoms in total. The maximum absolute atomic E-state index is 13.9. The Morgan fingerprint density at radius 2 is 1.79 bits per heavy atom. The Balaban J connectivity index is 1.63. The van der Waals surface area contributed by atoms with Crippen LogP contribution in [0.3, 0.4) is 0 Å². The summed E-state index contributed by atoms with van der Waals surface area (Å²) in [7, 11) is 1.84. The lowest BCUT2D eigenvalue weighted by Gasteiger charge is -2.16. The highest BCUT2D eigenvalue weighted by atomic mass is 19.1. The highest BCUT2D eigenvalue weighted by molar-refractivity contribution is 6.36. The molecule has 4 rings (SSSR count). The lowest BCUT2D eigenvalue weighted by Crippen LogP contribution is -2.35. The molecule has 0 aliphatic carbocycles. The average molecular weight is 393 g/mol. The largest absolute Gasteiger partial charge is 0.351 e. The van der Waals surface area contributed by atoms with Crippen molar-refractivity contribution in [3.8, 4) is 0 Å². The number of halogens is 2. The molecule has 7 heteroatoms. The molecule has 1 aromatic heterocycles. The molecular formula is C22H17F2N3O2. The van der Waals surface area contributed by atoms with Crippen molar-refractivity contribution in [3.05, 3.63) is 83.7 Å². The second kappa shape index (κ2) is 7.35. The summed E-state index contributed by atoms with van der Waals surface area (Å²) < 4.78 is 28.7. The van der Waals surface area contributed by atoms with Gasteiger partial charge in [0.1, 0.15) is 18.2 Å². The number of carbonyl (C=O) groups is 2. The normalized spacial score (nSPS) is 14.4. The van der Waals surface area contributed by atoms with E-state index < -0.39 is 17.5 Å². The van der Waals surface area contributed by atoms with Gasteiger partial charge in [-0.1, -0.05) is 0 Å². The molecule has 0 unspecified atom stereocenters. The van der Waals surface area contributed by atoms with Gasteiger partial charge >= 0.3 is 0 Å². The summed E-state index contributed by atoms with van der Waals surface area (Å²) in [6.07, 6.45) is 3.52. The van der Waals surface area contributed by atoms with Crippen molar-refractivity contribution in [1.82, 2.24) is 4.57 Å². The smallest absolute Gasteiger partial charge is 0.259 e. The van der Waals surface area contributed by atoms with Gasteiger partial charge in [0.05, 0.1) is 11.3 Å². The first-order chi connectivity index (χ1) is 13.9. The van der Waals surface area contributed by atoms with Gasteiger partial charge in [-0.25, -0.2) is 8.78 Å². The van der Waals surface area contributed by atoms with Gasteiger partial charge in [-0.2, -0.15) is 0 Å². The van der Waals surface area contributed by atoms with E-state index in [0.717, 1.165) is 5.69 Å². The quantitative estimate of drug-likeness (QED) is 0.685. The van der Waals surface area contributed by atoms with Crippen LogP contribution in [0.2, 0.25) is 0 Å². The number of amides is 2. The van der Waals surface area contributed by atoms with E-state index in [4.69, 9.17) is 0 Å². The predicted molar refractivity (Wildman–Crippen MR) is 107 cm³/mol. The van der Waals surface area contributed by atoms with Gasteiger partial charge in [0, 0.05) is 30.2 Å². The second-order valence-corrected chi connectivity index (χ2v) is 6.71. The Labute approximate surface area is 165 Å². The van der Waals surface area contributed by atoms with Crippen LogP contribution >= 0.6 is 0 Å². The molecule has 1 aliphatic heterocycles. The highest BCUT2D eigenvalue weighted by Crippen LogP contribution is 2.38. The van der Waals surface area contributed by atoms with Crippen molar-refractivity contribution in [2.75, 3.05) is 16.8 Å². The molecule has 0 saturated heterocycles. The number of aromatic nitrogens is 1. The van der Waals surface area contributed by atoms with Gasteiger partial charge in [-0.15, -0.1) is 0 Å². The molecule has 0 bridgehead atoms. The van der Waals surface area contributed by atoms with Crippen LogP contribution in [-0.2, 0) is 16.6 Å². The molecule has 2 amide bonds. The van der Waals surface area contributed by atoms with Crippen LogP contribution in [0, 0.1) is 11.6 Å². The van der Waals surface area contributed by atoms with E-state index in [1.54, 1.807) is 6.08 Å². The third-order valence-corrected chi connectivity index (χ3v) is 4.72. The van der Waals surface area contributed by atoms with E-state index in [9.17, 15) is 18.4 Å². The van der Waals surface area contributed by atoms with E-state index in [-0.39, 0.29) is 12.5 Å². The number of anilines is 2. The van der Waals surface area contributed by atoms with E-state index in [0.29, 0.717) is 22.5 Å². The number of hydrogen-bond acceptors (Lipinski definition) is 2. The molecule has 146 valence electrons. The van der Waals surface area contributed by atoms with E-state index in [2.05, 4.69) is 5.32 Å². The fraction of sp³-hybridized carbons (Fsp3) is 0.0909. The summed E-state index contributed by atoms with van der Waals surface area (Å²) in [5.41, 5.74) is 2.41. The van der Waals surface area contributed by atoms with Gasteiger partial charge in [-0.05, 0) is 60.7 Å². The maximum Gasteiger partial charge on any atom is 0.259 e. The van der Waals surface area contributed by atoms with Crippen molar-refractivity contribution in [2.24, 2.45) is 7.05 Å². The summed E-state index contributed by atoms with van der Waals surface area (Å²) in [6, 6.07) is 13.0. The monoisotopic (exact) mass is 393 g/mol. The first-order valence-corrected chi connectivity index (χ1v) is 8.92. The van der Waals surface area contributed by atoms with Gasteiger partial charge in [0.15, 0.2) is 0 Å². The van der Waals surface area contributed by atoms with Gasteiger partial charge in [0.25, 0.3) is 5.91 Å². The third kappa shape index (κ3) is 3.67. The molecule has 0 fully saturated rings. The number of hydrogen-bond donors (Lipinski definition) is 1. The number of fused-ring (bicyclic) bond motifs is 1. The molecule has 0 saturated carbocycles. The van der Waals surface area contributed by atoms with Crippen molar-refractivity contribution in [2.45, 2.75) is 0 Å².